The van der Waals surface area contributed by atoms with Crippen LogP contribution in [0.1, 0.15) is 25.2 Å². The molecule has 2 aliphatic heterocycles. The van der Waals surface area contributed by atoms with Gasteiger partial charge in [0.15, 0.2) is 0 Å². The van der Waals surface area contributed by atoms with Gasteiger partial charge in [0.2, 0.25) is 0 Å². The van der Waals surface area contributed by atoms with Crippen LogP contribution in [0.3, 0.4) is 0 Å². The Bertz CT molecular complexity index is 673. The van der Waals surface area contributed by atoms with Crippen molar-refractivity contribution >= 4 is 11.0 Å². The van der Waals surface area contributed by atoms with E-state index in [1.165, 1.54) is 30.6 Å². The van der Waals surface area contributed by atoms with E-state index in [-0.39, 0.29) is 5.54 Å². The summed E-state index contributed by atoms with van der Waals surface area (Å²) >= 11 is 0. The predicted molar refractivity (Wildman–Crippen MR) is 85.3 cm³/mol. The van der Waals surface area contributed by atoms with E-state index in [1.807, 2.05) is 6.07 Å². The first kappa shape index (κ1) is 13.4. The van der Waals surface area contributed by atoms with Gasteiger partial charge in [-0.25, -0.2) is 0 Å². The molecule has 2 unspecified atom stereocenters. The second-order valence-electron chi connectivity index (χ2n) is 7.19. The minimum atomic E-state index is 0.263. The highest BCUT2D eigenvalue weighted by molar-refractivity contribution is 5.82. The van der Waals surface area contributed by atoms with Gasteiger partial charge in [-0.3, -0.25) is 4.90 Å². The molecule has 0 saturated carbocycles. The molecule has 21 heavy (non-hydrogen) atoms. The molecule has 2 aliphatic rings. The van der Waals surface area contributed by atoms with Crippen molar-refractivity contribution in [2.45, 2.75) is 32.9 Å². The zero-order valence-corrected chi connectivity index (χ0v) is 13.1. The minimum Gasteiger partial charge on any atom is -0.461 e. The zero-order valence-electron chi connectivity index (χ0n) is 13.1. The Morgan fingerprint density at radius 2 is 2.10 bits per heavy atom. The number of furan rings is 1. The third-order valence-electron chi connectivity index (χ3n) is 5.77. The average Bonchev–Trinajstić information content (AvgIpc) is 3.08. The van der Waals surface area contributed by atoms with Crippen molar-refractivity contribution in [3.8, 4) is 0 Å². The normalized spacial score (nSPS) is 28.3. The van der Waals surface area contributed by atoms with Crippen molar-refractivity contribution in [1.82, 2.24) is 10.2 Å². The van der Waals surface area contributed by atoms with Crippen LogP contribution in [-0.4, -0.2) is 30.1 Å². The summed E-state index contributed by atoms with van der Waals surface area (Å²) < 4.78 is 5.93. The minimum absolute atomic E-state index is 0.263. The lowest BCUT2D eigenvalue weighted by molar-refractivity contribution is 0.132. The van der Waals surface area contributed by atoms with Gasteiger partial charge in [0.05, 0.1) is 0 Å². The highest BCUT2D eigenvalue weighted by Gasteiger charge is 2.49. The summed E-state index contributed by atoms with van der Waals surface area (Å²) in [5, 5.41) is 4.83. The number of hydrogen-bond donors (Lipinski definition) is 1. The summed E-state index contributed by atoms with van der Waals surface area (Å²) in [5.74, 6) is 2.65. The van der Waals surface area contributed by atoms with Gasteiger partial charge in [0.1, 0.15) is 11.3 Å². The monoisotopic (exact) mass is 284 g/mol. The number of nitrogens with one attached hydrogen (secondary N) is 1. The highest BCUT2D eigenvalue weighted by Crippen LogP contribution is 2.42. The summed E-state index contributed by atoms with van der Waals surface area (Å²) in [6.45, 7) is 11.5. The number of benzene rings is 1. The number of aryl methyl sites for hydroxylation is 1. The first-order valence-corrected chi connectivity index (χ1v) is 8.00. The van der Waals surface area contributed by atoms with E-state index in [9.17, 15) is 0 Å². The van der Waals surface area contributed by atoms with Crippen LogP contribution in [0.4, 0.5) is 0 Å². The van der Waals surface area contributed by atoms with Crippen LogP contribution < -0.4 is 5.32 Å². The largest absolute Gasteiger partial charge is 0.461 e. The molecule has 3 nitrogen and oxygen atoms in total. The van der Waals surface area contributed by atoms with Gasteiger partial charge in [-0.2, -0.15) is 0 Å². The molecule has 0 spiro atoms. The quantitative estimate of drug-likeness (QED) is 0.918. The summed E-state index contributed by atoms with van der Waals surface area (Å²) in [6.07, 6.45) is 0. The number of para-hydroxylation sites is 1. The maximum Gasteiger partial charge on any atom is 0.134 e. The SMILES string of the molecule is Cc1oc2ccccc2c1CN1CC2CNCC2C1(C)C. The molecule has 1 aromatic heterocycles. The fraction of sp³-hybridized carbons (Fsp3) is 0.556. The third kappa shape index (κ3) is 1.95. The van der Waals surface area contributed by atoms with Crippen molar-refractivity contribution < 1.29 is 4.42 Å². The standard InChI is InChI=1S/C18H24N2O/c1-12-15(14-6-4-5-7-17(14)21-12)11-20-10-13-8-19-9-16(13)18(20,2)3/h4-7,13,16,19H,8-11H2,1-3H3. The highest BCUT2D eigenvalue weighted by atomic mass is 16.3. The number of likely N-dealkylation sites (tertiary alicyclic amines) is 1. The molecular weight excluding hydrogens is 260 g/mol. The van der Waals surface area contributed by atoms with Crippen LogP contribution in [0.25, 0.3) is 11.0 Å². The van der Waals surface area contributed by atoms with Gasteiger partial charge >= 0.3 is 0 Å². The summed E-state index contributed by atoms with van der Waals surface area (Å²) in [5.41, 5.74) is 2.65. The summed E-state index contributed by atoms with van der Waals surface area (Å²) in [6, 6.07) is 8.41. The predicted octanol–water partition coefficient (Wildman–Crippen LogP) is 3.17. The van der Waals surface area contributed by atoms with E-state index < -0.39 is 0 Å². The van der Waals surface area contributed by atoms with E-state index in [2.05, 4.69) is 49.2 Å². The molecule has 2 saturated heterocycles. The lowest BCUT2D eigenvalue weighted by atomic mass is 9.85. The number of hydrogen-bond acceptors (Lipinski definition) is 3. The fourth-order valence-electron chi connectivity index (χ4n) is 4.38. The molecule has 112 valence electrons. The van der Waals surface area contributed by atoms with E-state index >= 15 is 0 Å². The molecule has 1 N–H and O–H groups in total. The fourth-order valence-corrected chi connectivity index (χ4v) is 4.38. The Balaban J connectivity index is 1.68. The van der Waals surface area contributed by atoms with Gasteiger partial charge in [0, 0.05) is 36.1 Å². The summed E-state index contributed by atoms with van der Waals surface area (Å²) in [7, 11) is 0. The molecule has 0 bridgehead atoms. The first-order chi connectivity index (χ1) is 10.1. The molecular formula is C18H24N2O. The van der Waals surface area contributed by atoms with E-state index in [4.69, 9.17) is 4.42 Å². The lowest BCUT2D eigenvalue weighted by Gasteiger charge is -2.35. The smallest absolute Gasteiger partial charge is 0.134 e. The molecule has 3 heteroatoms. The maximum absolute atomic E-state index is 5.93. The molecule has 3 heterocycles. The average molecular weight is 284 g/mol. The van der Waals surface area contributed by atoms with Crippen LogP contribution in [-0.2, 0) is 6.54 Å². The van der Waals surface area contributed by atoms with Crippen molar-refractivity contribution in [2.75, 3.05) is 19.6 Å². The Hall–Kier alpha value is -1.32. The van der Waals surface area contributed by atoms with Crippen LogP contribution in [0.15, 0.2) is 28.7 Å². The van der Waals surface area contributed by atoms with E-state index in [0.29, 0.717) is 0 Å². The third-order valence-corrected chi connectivity index (χ3v) is 5.77. The Morgan fingerprint density at radius 3 is 2.90 bits per heavy atom. The van der Waals surface area contributed by atoms with Crippen LogP contribution in [0.5, 0.6) is 0 Å². The topological polar surface area (TPSA) is 28.4 Å². The van der Waals surface area contributed by atoms with Crippen molar-refractivity contribution in [1.29, 1.82) is 0 Å². The second kappa shape index (κ2) is 4.59. The maximum atomic E-state index is 5.93. The van der Waals surface area contributed by atoms with Crippen LogP contribution in [0.2, 0.25) is 0 Å². The lowest BCUT2D eigenvalue weighted by Crippen LogP contribution is -2.43. The summed E-state index contributed by atoms with van der Waals surface area (Å²) in [4.78, 5) is 2.66. The Morgan fingerprint density at radius 1 is 1.29 bits per heavy atom. The van der Waals surface area contributed by atoms with Crippen molar-refractivity contribution in [3.63, 3.8) is 0 Å². The molecule has 2 aromatic rings. The van der Waals surface area contributed by atoms with Gasteiger partial charge in [-0.05, 0) is 45.2 Å². The van der Waals surface area contributed by atoms with Crippen molar-refractivity contribution in [2.24, 2.45) is 11.8 Å². The second-order valence-corrected chi connectivity index (χ2v) is 7.19. The van der Waals surface area contributed by atoms with Gasteiger partial charge < -0.3 is 9.73 Å². The molecule has 0 amide bonds. The molecule has 0 aliphatic carbocycles. The first-order valence-electron chi connectivity index (χ1n) is 8.00. The van der Waals surface area contributed by atoms with E-state index in [0.717, 1.165) is 29.7 Å². The van der Waals surface area contributed by atoms with Crippen molar-refractivity contribution in [3.05, 3.63) is 35.6 Å². The number of nitrogens with zero attached hydrogens (tertiary/aromatic N) is 1. The van der Waals surface area contributed by atoms with E-state index in [1.54, 1.807) is 0 Å². The van der Waals surface area contributed by atoms with Gasteiger partial charge in [-0.1, -0.05) is 18.2 Å². The molecule has 4 rings (SSSR count). The zero-order chi connectivity index (χ0) is 14.6. The molecule has 2 atom stereocenters. The Labute approximate surface area is 126 Å². The number of fused-ring (bicyclic) bond motifs is 2. The Kier molecular flexibility index (Phi) is 2.92. The molecule has 1 aromatic carbocycles. The molecule has 2 fully saturated rings. The van der Waals surface area contributed by atoms with Gasteiger partial charge in [0.25, 0.3) is 0 Å². The van der Waals surface area contributed by atoms with Crippen LogP contribution in [0, 0.1) is 18.8 Å². The van der Waals surface area contributed by atoms with Gasteiger partial charge in [-0.15, -0.1) is 0 Å². The number of rotatable bonds is 2. The van der Waals surface area contributed by atoms with Crippen LogP contribution >= 0.6 is 0 Å². The molecule has 0 radical (unpaired) electrons.